The number of nitriles is 1. The summed E-state index contributed by atoms with van der Waals surface area (Å²) in [6.45, 7) is 3.78. The second kappa shape index (κ2) is 8.14. The molecule has 0 aliphatic carbocycles. The summed E-state index contributed by atoms with van der Waals surface area (Å²) in [7, 11) is 0. The molecule has 2 heterocycles. The molecule has 0 aliphatic heterocycles. The standard InChI is InChI=1S/C19H15N5O5S/c1-3-22-18(26)15-9(2)13(8-20)19(30-15)23-17(25)12-7-10-6-11(24(27)28)4-5-14(10)29-16(12)21/h4-7,21H,3H2,1-2H3,(H,22,26)(H,23,25). The van der Waals surface area contributed by atoms with Crippen LogP contribution in [0.25, 0.3) is 11.0 Å². The second-order valence-electron chi connectivity index (χ2n) is 6.15. The highest BCUT2D eigenvalue weighted by Crippen LogP contribution is 2.33. The summed E-state index contributed by atoms with van der Waals surface area (Å²) >= 11 is 0.950. The van der Waals surface area contributed by atoms with Crippen molar-refractivity contribution >= 4 is 44.8 Å². The van der Waals surface area contributed by atoms with E-state index in [0.717, 1.165) is 11.3 Å². The number of nitro groups is 1. The van der Waals surface area contributed by atoms with Gasteiger partial charge in [0.2, 0.25) is 5.55 Å². The molecule has 3 aromatic rings. The van der Waals surface area contributed by atoms with E-state index in [-0.39, 0.29) is 38.7 Å². The number of benzene rings is 1. The molecule has 30 heavy (non-hydrogen) atoms. The Morgan fingerprint density at radius 3 is 2.70 bits per heavy atom. The number of fused-ring (bicyclic) bond motifs is 1. The molecule has 0 aliphatic rings. The molecule has 2 aromatic heterocycles. The minimum Gasteiger partial charge on any atom is -0.438 e. The van der Waals surface area contributed by atoms with Crippen molar-refractivity contribution in [3.63, 3.8) is 0 Å². The first-order chi connectivity index (χ1) is 14.3. The highest BCUT2D eigenvalue weighted by molar-refractivity contribution is 7.18. The Morgan fingerprint density at radius 1 is 1.33 bits per heavy atom. The smallest absolute Gasteiger partial charge is 0.270 e. The zero-order valence-electron chi connectivity index (χ0n) is 15.9. The Labute approximate surface area is 173 Å². The molecule has 0 saturated carbocycles. The molecule has 10 nitrogen and oxygen atoms in total. The molecule has 11 heteroatoms. The summed E-state index contributed by atoms with van der Waals surface area (Å²) in [5.74, 6) is -1.09. The number of rotatable bonds is 5. The van der Waals surface area contributed by atoms with Gasteiger partial charge in [0.15, 0.2) is 0 Å². The van der Waals surface area contributed by atoms with Gasteiger partial charge in [-0.15, -0.1) is 11.3 Å². The number of nitrogens with zero attached hydrogens (tertiary/aromatic N) is 2. The van der Waals surface area contributed by atoms with Crippen LogP contribution in [0.15, 0.2) is 28.7 Å². The molecule has 0 spiro atoms. The molecule has 2 amide bonds. The summed E-state index contributed by atoms with van der Waals surface area (Å²) < 4.78 is 5.30. The molecular formula is C19H15N5O5S. The lowest BCUT2D eigenvalue weighted by Crippen LogP contribution is -2.22. The van der Waals surface area contributed by atoms with Gasteiger partial charge >= 0.3 is 0 Å². The first kappa shape index (κ1) is 20.7. The number of non-ortho nitro benzene ring substituents is 1. The van der Waals surface area contributed by atoms with E-state index in [4.69, 9.17) is 9.83 Å². The monoisotopic (exact) mass is 425 g/mol. The van der Waals surface area contributed by atoms with Gasteiger partial charge in [0.05, 0.1) is 15.4 Å². The molecular weight excluding hydrogens is 410 g/mol. The largest absolute Gasteiger partial charge is 0.438 e. The van der Waals surface area contributed by atoms with Crippen LogP contribution in [-0.2, 0) is 0 Å². The number of amides is 2. The SMILES string of the molecule is CCNC(=O)c1sc(NC(=O)c2cc3cc([N+](=O)[O-])ccc3oc2=N)c(C#N)c1C. The lowest BCUT2D eigenvalue weighted by Gasteiger charge is -2.05. The van der Waals surface area contributed by atoms with Crippen molar-refractivity contribution in [1.29, 1.82) is 10.7 Å². The number of nitrogens with one attached hydrogen (secondary N) is 3. The maximum atomic E-state index is 12.8. The average Bonchev–Trinajstić information content (AvgIpc) is 3.02. The predicted molar refractivity (Wildman–Crippen MR) is 108 cm³/mol. The van der Waals surface area contributed by atoms with Crippen LogP contribution in [0.5, 0.6) is 0 Å². The number of hydrogen-bond acceptors (Lipinski definition) is 8. The fourth-order valence-corrected chi connectivity index (χ4v) is 3.84. The van der Waals surface area contributed by atoms with E-state index >= 15 is 0 Å². The number of nitro benzene ring substituents is 1. The molecule has 0 radical (unpaired) electrons. The molecule has 3 N–H and O–H groups in total. The van der Waals surface area contributed by atoms with Crippen LogP contribution >= 0.6 is 11.3 Å². The van der Waals surface area contributed by atoms with Gasteiger partial charge in [-0.05, 0) is 31.5 Å². The normalized spacial score (nSPS) is 10.4. The lowest BCUT2D eigenvalue weighted by molar-refractivity contribution is -0.384. The maximum Gasteiger partial charge on any atom is 0.270 e. The van der Waals surface area contributed by atoms with Crippen molar-refractivity contribution in [3.8, 4) is 6.07 Å². The molecule has 0 atom stereocenters. The van der Waals surface area contributed by atoms with Gasteiger partial charge in [-0.25, -0.2) is 0 Å². The Bertz CT molecular complexity index is 1300. The summed E-state index contributed by atoms with van der Waals surface area (Å²) in [4.78, 5) is 35.6. The van der Waals surface area contributed by atoms with E-state index in [1.165, 1.54) is 24.3 Å². The van der Waals surface area contributed by atoms with Crippen LogP contribution in [0.2, 0.25) is 0 Å². The lowest BCUT2D eigenvalue weighted by atomic mass is 10.1. The van der Waals surface area contributed by atoms with Crippen LogP contribution in [0, 0.1) is 33.8 Å². The highest BCUT2D eigenvalue weighted by atomic mass is 32.1. The maximum absolute atomic E-state index is 12.8. The first-order valence-electron chi connectivity index (χ1n) is 8.66. The minimum absolute atomic E-state index is 0.148. The van der Waals surface area contributed by atoms with Crippen molar-refractivity contribution < 1.29 is 18.9 Å². The molecule has 0 saturated heterocycles. The van der Waals surface area contributed by atoms with Crippen LogP contribution in [0.3, 0.4) is 0 Å². The van der Waals surface area contributed by atoms with Crippen LogP contribution in [0.4, 0.5) is 10.7 Å². The molecule has 152 valence electrons. The van der Waals surface area contributed by atoms with Gasteiger partial charge in [0.1, 0.15) is 22.2 Å². The Balaban J connectivity index is 2.01. The van der Waals surface area contributed by atoms with Crippen molar-refractivity contribution in [1.82, 2.24) is 5.32 Å². The second-order valence-corrected chi connectivity index (χ2v) is 7.17. The van der Waals surface area contributed by atoms with Crippen molar-refractivity contribution in [3.05, 3.63) is 61.5 Å². The Kier molecular flexibility index (Phi) is 5.61. The number of carbonyl (C=O) groups excluding carboxylic acids is 2. The van der Waals surface area contributed by atoms with Crippen LogP contribution in [0.1, 0.15) is 38.1 Å². The number of hydrogen-bond donors (Lipinski definition) is 3. The fraction of sp³-hybridized carbons (Fsp3) is 0.158. The summed E-state index contributed by atoms with van der Waals surface area (Å²) in [5, 5.41) is 34.0. The predicted octanol–water partition coefficient (Wildman–Crippen LogP) is 3.06. The molecule has 0 fully saturated rings. The van der Waals surface area contributed by atoms with Gasteiger partial charge in [-0.1, -0.05) is 0 Å². The van der Waals surface area contributed by atoms with Crippen LogP contribution < -0.4 is 16.2 Å². The molecule has 1 aromatic carbocycles. The van der Waals surface area contributed by atoms with E-state index in [1.54, 1.807) is 13.8 Å². The zero-order valence-corrected chi connectivity index (χ0v) is 16.7. The van der Waals surface area contributed by atoms with E-state index < -0.39 is 16.4 Å². The topological polar surface area (TPSA) is 162 Å². The van der Waals surface area contributed by atoms with Gasteiger partial charge in [0, 0.05) is 24.1 Å². The third-order valence-electron chi connectivity index (χ3n) is 4.23. The van der Waals surface area contributed by atoms with E-state index in [9.17, 15) is 25.0 Å². The summed E-state index contributed by atoms with van der Waals surface area (Å²) in [6.07, 6.45) is 0. The highest BCUT2D eigenvalue weighted by Gasteiger charge is 2.22. The molecule has 3 rings (SSSR count). The molecule has 0 bridgehead atoms. The Hall–Kier alpha value is -4.04. The third kappa shape index (κ3) is 3.76. The van der Waals surface area contributed by atoms with Crippen molar-refractivity contribution in [2.75, 3.05) is 11.9 Å². The molecule has 0 unspecified atom stereocenters. The average molecular weight is 425 g/mol. The zero-order chi connectivity index (χ0) is 22.0. The van der Waals surface area contributed by atoms with Gasteiger partial charge in [-0.3, -0.25) is 25.1 Å². The fourth-order valence-electron chi connectivity index (χ4n) is 2.77. The van der Waals surface area contributed by atoms with Crippen molar-refractivity contribution in [2.24, 2.45) is 0 Å². The summed E-state index contributed by atoms with van der Waals surface area (Å²) in [5.41, 5.74) is 0.00429. The minimum atomic E-state index is -0.739. The van der Waals surface area contributed by atoms with E-state index in [1.807, 2.05) is 6.07 Å². The third-order valence-corrected chi connectivity index (χ3v) is 5.44. The van der Waals surface area contributed by atoms with Gasteiger partial charge in [-0.2, -0.15) is 5.26 Å². The van der Waals surface area contributed by atoms with E-state index in [2.05, 4.69) is 10.6 Å². The number of carbonyl (C=O) groups is 2. The number of thiophene rings is 1. The van der Waals surface area contributed by atoms with E-state index in [0.29, 0.717) is 17.0 Å². The number of anilines is 1. The van der Waals surface area contributed by atoms with Gasteiger partial charge in [0.25, 0.3) is 17.5 Å². The summed E-state index contributed by atoms with van der Waals surface area (Å²) in [6, 6.07) is 7.10. The van der Waals surface area contributed by atoms with Crippen LogP contribution in [-0.4, -0.2) is 23.3 Å². The quantitative estimate of drug-likeness (QED) is 0.420. The van der Waals surface area contributed by atoms with Crippen molar-refractivity contribution in [2.45, 2.75) is 13.8 Å². The first-order valence-corrected chi connectivity index (χ1v) is 9.48. The Morgan fingerprint density at radius 2 is 2.07 bits per heavy atom. The van der Waals surface area contributed by atoms with Gasteiger partial charge < -0.3 is 15.1 Å².